The number of rotatable bonds is 12. The van der Waals surface area contributed by atoms with Crippen LogP contribution in [0.2, 0.25) is 0 Å². The number of benzene rings is 1. The van der Waals surface area contributed by atoms with Crippen molar-refractivity contribution in [2.24, 2.45) is 10.7 Å². The second kappa shape index (κ2) is 17.9. The molecule has 3 aromatic heterocycles. The standard InChI is InChI=1S/C45H59N11O3/c1-5-6-36(43(48)57)39-12-14-41(29(2)51-39)55-17-15-34(16-18-55)54-21-19-53(20-22-54)33-9-7-32(8-10-33)49-28-31-24-40(37(25-38(31)47)45(3,4)59)52-44(58)42-13-11-35-23-30(26-46)27-50-56(35)42/h11-14,23-25,27-28,32-34,36,59H,5-10,15-22,47H2,1-4H3,(H2,48,57)(H,52,58). The number of pyridine rings is 1. The van der Waals surface area contributed by atoms with E-state index < -0.39 is 11.5 Å². The number of aliphatic hydroxyl groups is 1. The van der Waals surface area contributed by atoms with Gasteiger partial charge in [0.2, 0.25) is 5.91 Å². The van der Waals surface area contributed by atoms with E-state index in [2.05, 4.69) is 44.2 Å². The fourth-order valence-electron chi connectivity index (χ4n) is 9.30. The Bertz CT molecular complexity index is 2210. The van der Waals surface area contributed by atoms with Gasteiger partial charge in [0.25, 0.3) is 5.91 Å². The molecule has 2 saturated heterocycles. The minimum atomic E-state index is -1.27. The molecule has 6 N–H and O–H groups in total. The molecule has 312 valence electrons. The maximum atomic E-state index is 13.5. The third-order valence-electron chi connectivity index (χ3n) is 12.6. The summed E-state index contributed by atoms with van der Waals surface area (Å²) in [5.41, 5.74) is 17.3. The van der Waals surface area contributed by atoms with Crippen molar-refractivity contribution in [2.75, 3.05) is 55.2 Å². The van der Waals surface area contributed by atoms with Gasteiger partial charge in [0.05, 0.1) is 51.9 Å². The number of piperazine rings is 1. The van der Waals surface area contributed by atoms with Gasteiger partial charge in [0.15, 0.2) is 0 Å². The number of fused-ring (bicyclic) bond motifs is 1. The number of carbonyl (C=O) groups is 2. The highest BCUT2D eigenvalue weighted by Gasteiger charge is 2.32. The van der Waals surface area contributed by atoms with Crippen molar-refractivity contribution in [1.82, 2.24) is 24.4 Å². The SMILES string of the molecule is CCCC(C(N)=O)c1ccc(N2CCC(N3CCN(C4CCC(N=Cc5cc(NC(=O)c6ccc7cc(C#N)cnn67)c(C(C)(C)O)cc5N)CC4)CC3)CC2)c(C)n1. The number of nitrogen functional groups attached to an aromatic ring is 1. The van der Waals surface area contributed by atoms with Gasteiger partial charge in [-0.05, 0) is 108 Å². The number of aryl methyl sites for hydroxylation is 1. The van der Waals surface area contributed by atoms with Crippen molar-refractivity contribution in [2.45, 2.75) is 109 Å². The van der Waals surface area contributed by atoms with Crippen LogP contribution in [0.15, 0.2) is 53.7 Å². The second-order valence-corrected chi connectivity index (χ2v) is 17.1. The number of aromatic nitrogens is 3. The van der Waals surface area contributed by atoms with Gasteiger partial charge in [-0.1, -0.05) is 13.3 Å². The number of aliphatic imine (C=N–C) groups is 1. The fraction of sp³-hybridized carbons (Fsp3) is 0.511. The molecule has 5 heterocycles. The van der Waals surface area contributed by atoms with Gasteiger partial charge in [-0.3, -0.25) is 29.4 Å². The average Bonchev–Trinajstić information content (AvgIpc) is 3.66. The van der Waals surface area contributed by atoms with E-state index in [0.717, 1.165) is 108 Å². The zero-order valence-electron chi connectivity index (χ0n) is 34.9. The topological polar surface area (TPSA) is 194 Å². The monoisotopic (exact) mass is 801 g/mol. The van der Waals surface area contributed by atoms with E-state index in [1.807, 2.05) is 19.2 Å². The quantitative estimate of drug-likeness (QED) is 0.107. The maximum Gasteiger partial charge on any atom is 0.274 e. The molecule has 4 aromatic rings. The maximum absolute atomic E-state index is 13.5. The number of nitriles is 1. The molecule has 59 heavy (non-hydrogen) atoms. The van der Waals surface area contributed by atoms with Crippen molar-refractivity contribution < 1.29 is 14.7 Å². The number of hydrogen-bond acceptors (Lipinski definition) is 11. The van der Waals surface area contributed by atoms with E-state index in [0.29, 0.717) is 51.4 Å². The molecule has 3 fully saturated rings. The predicted molar refractivity (Wildman–Crippen MR) is 232 cm³/mol. The lowest BCUT2D eigenvalue weighted by atomic mass is 9.90. The highest BCUT2D eigenvalue weighted by Crippen LogP contribution is 2.34. The number of nitrogens with one attached hydrogen (secondary N) is 1. The summed E-state index contributed by atoms with van der Waals surface area (Å²) in [5, 5.41) is 27.5. The third kappa shape index (κ3) is 9.43. The Kier molecular flexibility index (Phi) is 12.7. The number of piperidine rings is 1. The van der Waals surface area contributed by atoms with Gasteiger partial charge in [-0.2, -0.15) is 10.4 Å². The number of nitrogens with two attached hydrogens (primary N) is 2. The van der Waals surface area contributed by atoms with Gasteiger partial charge in [0, 0.05) is 80.1 Å². The third-order valence-corrected chi connectivity index (χ3v) is 12.6. The van der Waals surface area contributed by atoms with Crippen molar-refractivity contribution in [3.05, 3.63) is 82.4 Å². The lowest BCUT2D eigenvalue weighted by Gasteiger charge is -2.46. The van der Waals surface area contributed by atoms with Gasteiger partial charge < -0.3 is 26.8 Å². The molecule has 1 unspecified atom stereocenters. The molecule has 1 saturated carbocycles. The Hall–Kier alpha value is -5.36. The van der Waals surface area contributed by atoms with Gasteiger partial charge >= 0.3 is 0 Å². The second-order valence-electron chi connectivity index (χ2n) is 17.1. The summed E-state index contributed by atoms with van der Waals surface area (Å²) < 4.78 is 1.49. The van der Waals surface area contributed by atoms with E-state index in [9.17, 15) is 20.0 Å². The van der Waals surface area contributed by atoms with Crippen LogP contribution in [0.25, 0.3) is 5.52 Å². The first-order chi connectivity index (χ1) is 28.3. The fourth-order valence-corrected chi connectivity index (χ4v) is 9.30. The summed E-state index contributed by atoms with van der Waals surface area (Å²) in [6.07, 6.45) is 11.3. The molecular formula is C45H59N11O3. The van der Waals surface area contributed by atoms with Gasteiger partial charge in [0.1, 0.15) is 11.8 Å². The molecule has 0 bridgehead atoms. The van der Waals surface area contributed by atoms with Crippen molar-refractivity contribution in [3.63, 3.8) is 0 Å². The summed E-state index contributed by atoms with van der Waals surface area (Å²) in [5.74, 6) is -1.03. The molecule has 7 rings (SSSR count). The first-order valence-electron chi connectivity index (χ1n) is 21.2. The predicted octanol–water partition coefficient (Wildman–Crippen LogP) is 5.36. The minimum absolute atomic E-state index is 0.191. The molecule has 2 amide bonds. The van der Waals surface area contributed by atoms with E-state index in [1.54, 1.807) is 44.2 Å². The van der Waals surface area contributed by atoms with Crippen LogP contribution in [0.5, 0.6) is 0 Å². The number of hydrogen-bond donors (Lipinski definition) is 4. The number of nitrogens with zero attached hydrogens (tertiary/aromatic N) is 8. The average molecular weight is 802 g/mol. The summed E-state index contributed by atoms with van der Waals surface area (Å²) in [6.45, 7) is 13.8. The van der Waals surface area contributed by atoms with Crippen LogP contribution >= 0.6 is 0 Å². The van der Waals surface area contributed by atoms with Crippen LogP contribution in [0.3, 0.4) is 0 Å². The van der Waals surface area contributed by atoms with E-state index in [1.165, 1.54) is 10.7 Å². The molecule has 1 aromatic carbocycles. The molecule has 0 radical (unpaired) electrons. The van der Waals surface area contributed by atoms with Gasteiger partial charge in [-0.25, -0.2) is 4.52 Å². The molecule has 14 nitrogen and oxygen atoms in total. The number of anilines is 3. The minimum Gasteiger partial charge on any atom is -0.398 e. The molecule has 14 heteroatoms. The molecular weight excluding hydrogens is 743 g/mol. The molecule has 0 spiro atoms. The van der Waals surface area contributed by atoms with Gasteiger partial charge in [-0.15, -0.1) is 0 Å². The number of amides is 2. The molecule has 2 aliphatic heterocycles. The lowest BCUT2D eigenvalue weighted by Crippen LogP contribution is -2.55. The zero-order chi connectivity index (χ0) is 41.8. The largest absolute Gasteiger partial charge is 0.398 e. The Labute approximate surface area is 347 Å². The first kappa shape index (κ1) is 41.8. The van der Waals surface area contributed by atoms with Crippen LogP contribution in [0.4, 0.5) is 17.1 Å². The Morgan fingerprint density at radius 2 is 1.68 bits per heavy atom. The lowest BCUT2D eigenvalue weighted by molar-refractivity contribution is -0.119. The van der Waals surface area contributed by atoms with Crippen LogP contribution < -0.4 is 21.7 Å². The molecule has 1 aliphatic carbocycles. The number of carbonyl (C=O) groups excluding carboxylic acids is 2. The first-order valence-corrected chi connectivity index (χ1v) is 21.2. The van der Waals surface area contributed by atoms with Crippen molar-refractivity contribution in [1.29, 1.82) is 5.26 Å². The molecule has 3 aliphatic rings. The summed E-state index contributed by atoms with van der Waals surface area (Å²) in [6, 6.07) is 16.1. The van der Waals surface area contributed by atoms with Crippen LogP contribution in [0, 0.1) is 18.3 Å². The van der Waals surface area contributed by atoms with E-state index in [4.69, 9.17) is 21.4 Å². The Morgan fingerprint density at radius 1 is 1.00 bits per heavy atom. The highest BCUT2D eigenvalue weighted by atomic mass is 16.3. The number of primary amides is 1. The Morgan fingerprint density at radius 3 is 2.29 bits per heavy atom. The Balaban J connectivity index is 0.898. The normalized spacial score (nSPS) is 20.5. The summed E-state index contributed by atoms with van der Waals surface area (Å²) in [7, 11) is 0. The summed E-state index contributed by atoms with van der Waals surface area (Å²) >= 11 is 0. The molecule has 1 atom stereocenters. The van der Waals surface area contributed by atoms with E-state index in [-0.39, 0.29) is 17.9 Å². The van der Waals surface area contributed by atoms with Crippen LogP contribution in [0.1, 0.15) is 117 Å². The van der Waals surface area contributed by atoms with Crippen LogP contribution in [-0.4, -0.2) is 105 Å². The summed E-state index contributed by atoms with van der Waals surface area (Å²) in [4.78, 5) is 43.2. The van der Waals surface area contributed by atoms with Crippen molar-refractivity contribution in [3.8, 4) is 6.07 Å². The highest BCUT2D eigenvalue weighted by molar-refractivity contribution is 6.05. The van der Waals surface area contributed by atoms with Crippen LogP contribution in [-0.2, 0) is 10.4 Å². The smallest absolute Gasteiger partial charge is 0.274 e. The van der Waals surface area contributed by atoms with E-state index >= 15 is 0 Å². The van der Waals surface area contributed by atoms with Crippen molar-refractivity contribution >= 4 is 40.6 Å². The zero-order valence-corrected chi connectivity index (χ0v) is 34.9.